The molecule has 1 saturated heterocycles. The zero-order chi connectivity index (χ0) is 10.5. The van der Waals surface area contributed by atoms with Gasteiger partial charge in [0.15, 0.2) is 0 Å². The van der Waals surface area contributed by atoms with Crippen LogP contribution in [0, 0.1) is 0 Å². The molecule has 0 saturated carbocycles. The summed E-state index contributed by atoms with van der Waals surface area (Å²) in [6.07, 6.45) is 7.09. The molecule has 0 bridgehead atoms. The van der Waals surface area contributed by atoms with Gasteiger partial charge in [0.05, 0.1) is 6.10 Å². The van der Waals surface area contributed by atoms with Crippen molar-refractivity contribution in [2.45, 2.75) is 51.6 Å². The summed E-state index contributed by atoms with van der Waals surface area (Å²) in [7, 11) is 0. The fourth-order valence-electron chi connectivity index (χ4n) is 1.94. The van der Waals surface area contributed by atoms with E-state index in [0.717, 1.165) is 37.5 Å². The highest BCUT2D eigenvalue weighted by Crippen LogP contribution is 2.16. The minimum atomic E-state index is 0.439. The van der Waals surface area contributed by atoms with Crippen molar-refractivity contribution in [1.29, 1.82) is 0 Å². The summed E-state index contributed by atoms with van der Waals surface area (Å²) in [6.45, 7) is 3.00. The maximum Gasteiger partial charge on any atom is 0.150 e. The number of ether oxygens (including phenoxy) is 1. The van der Waals surface area contributed by atoms with Crippen LogP contribution in [-0.4, -0.2) is 27.9 Å². The highest BCUT2D eigenvalue weighted by molar-refractivity contribution is 4.90. The molecule has 15 heavy (non-hydrogen) atoms. The predicted octanol–water partition coefficient (Wildman–Crippen LogP) is 1.87. The normalized spacial score (nSPS) is 21.8. The van der Waals surface area contributed by atoms with Crippen molar-refractivity contribution < 1.29 is 4.74 Å². The molecule has 4 heteroatoms. The molecule has 0 aliphatic carbocycles. The van der Waals surface area contributed by atoms with E-state index in [1.165, 1.54) is 19.3 Å². The Balaban J connectivity index is 1.76. The maximum atomic E-state index is 5.67. The second-order valence-corrected chi connectivity index (χ2v) is 4.08. The second-order valence-electron chi connectivity index (χ2n) is 4.08. The highest BCUT2D eigenvalue weighted by atomic mass is 16.5. The Morgan fingerprint density at radius 3 is 3.07 bits per heavy atom. The van der Waals surface area contributed by atoms with E-state index in [9.17, 15) is 0 Å². The molecule has 1 aliphatic heterocycles. The van der Waals surface area contributed by atoms with E-state index < -0.39 is 0 Å². The summed E-state index contributed by atoms with van der Waals surface area (Å²) >= 11 is 0. The van der Waals surface area contributed by atoms with Crippen LogP contribution in [0.5, 0.6) is 0 Å². The number of aromatic nitrogens is 3. The van der Waals surface area contributed by atoms with E-state index in [1.54, 1.807) is 0 Å². The lowest BCUT2D eigenvalue weighted by atomic mass is 10.0. The SMILES string of the molecule is CCc1n[nH]c(CCC2CCCCO2)n1. The molecule has 1 unspecified atom stereocenters. The fraction of sp³-hybridized carbons (Fsp3) is 0.818. The Bertz CT molecular complexity index is 292. The number of H-pyrrole nitrogens is 1. The summed E-state index contributed by atoms with van der Waals surface area (Å²) in [5.74, 6) is 1.91. The van der Waals surface area contributed by atoms with Crippen LogP contribution in [0.25, 0.3) is 0 Å². The van der Waals surface area contributed by atoms with Crippen molar-refractivity contribution >= 4 is 0 Å². The fourth-order valence-corrected chi connectivity index (χ4v) is 1.94. The van der Waals surface area contributed by atoms with Crippen LogP contribution in [0.15, 0.2) is 0 Å². The first-order valence-corrected chi connectivity index (χ1v) is 5.90. The van der Waals surface area contributed by atoms with Gasteiger partial charge in [0, 0.05) is 19.4 Å². The molecule has 1 N–H and O–H groups in total. The molecule has 1 fully saturated rings. The Labute approximate surface area is 90.4 Å². The third-order valence-electron chi connectivity index (χ3n) is 2.87. The third kappa shape index (κ3) is 3.02. The summed E-state index contributed by atoms with van der Waals surface area (Å²) in [5.41, 5.74) is 0. The average molecular weight is 209 g/mol. The van der Waals surface area contributed by atoms with Crippen LogP contribution in [0.2, 0.25) is 0 Å². The summed E-state index contributed by atoms with van der Waals surface area (Å²) < 4.78 is 5.67. The van der Waals surface area contributed by atoms with Crippen molar-refractivity contribution in [3.63, 3.8) is 0 Å². The number of nitrogens with zero attached hydrogens (tertiary/aromatic N) is 2. The summed E-state index contributed by atoms with van der Waals surface area (Å²) in [6, 6.07) is 0. The topological polar surface area (TPSA) is 50.8 Å². The van der Waals surface area contributed by atoms with Crippen LogP contribution in [0.4, 0.5) is 0 Å². The first-order chi connectivity index (χ1) is 7.38. The average Bonchev–Trinajstić information content (AvgIpc) is 2.76. The van der Waals surface area contributed by atoms with Crippen molar-refractivity contribution in [2.75, 3.05) is 6.61 Å². The number of nitrogens with one attached hydrogen (secondary N) is 1. The first-order valence-electron chi connectivity index (χ1n) is 5.90. The van der Waals surface area contributed by atoms with Gasteiger partial charge >= 0.3 is 0 Å². The van der Waals surface area contributed by atoms with Gasteiger partial charge in [-0.15, -0.1) is 0 Å². The Morgan fingerprint density at radius 2 is 2.40 bits per heavy atom. The van der Waals surface area contributed by atoms with Gasteiger partial charge in [-0.2, -0.15) is 5.10 Å². The van der Waals surface area contributed by atoms with E-state index in [1.807, 2.05) is 0 Å². The first kappa shape index (κ1) is 10.6. The van der Waals surface area contributed by atoms with Crippen LogP contribution < -0.4 is 0 Å². The number of aromatic amines is 1. The molecule has 0 radical (unpaired) electrons. The van der Waals surface area contributed by atoms with E-state index in [0.29, 0.717) is 6.10 Å². The molecule has 2 rings (SSSR count). The lowest BCUT2D eigenvalue weighted by molar-refractivity contribution is 0.0112. The zero-order valence-electron chi connectivity index (χ0n) is 9.33. The van der Waals surface area contributed by atoms with Crippen LogP contribution in [0.3, 0.4) is 0 Å². The largest absolute Gasteiger partial charge is 0.378 e. The number of aryl methyl sites for hydroxylation is 2. The molecule has 1 aromatic rings. The standard InChI is InChI=1S/C11H19N3O/c1-2-10-12-11(14-13-10)7-6-9-5-3-4-8-15-9/h9H,2-8H2,1H3,(H,12,13,14). The van der Waals surface area contributed by atoms with E-state index in [2.05, 4.69) is 22.1 Å². The second kappa shape index (κ2) is 5.26. The number of hydrogen-bond donors (Lipinski definition) is 1. The molecule has 84 valence electrons. The molecule has 0 spiro atoms. The van der Waals surface area contributed by atoms with Crippen molar-refractivity contribution in [3.05, 3.63) is 11.6 Å². The molecule has 1 aromatic heterocycles. The van der Waals surface area contributed by atoms with Gasteiger partial charge in [-0.25, -0.2) is 4.98 Å². The van der Waals surface area contributed by atoms with Crippen molar-refractivity contribution in [3.8, 4) is 0 Å². The predicted molar refractivity (Wildman–Crippen MR) is 57.7 cm³/mol. The van der Waals surface area contributed by atoms with E-state index >= 15 is 0 Å². The lowest BCUT2D eigenvalue weighted by Crippen LogP contribution is -2.19. The minimum Gasteiger partial charge on any atom is -0.378 e. The zero-order valence-corrected chi connectivity index (χ0v) is 9.33. The monoisotopic (exact) mass is 209 g/mol. The van der Waals surface area contributed by atoms with Gasteiger partial charge in [0.2, 0.25) is 0 Å². The summed E-state index contributed by atoms with van der Waals surface area (Å²) in [5, 5.41) is 7.10. The Hall–Kier alpha value is -0.900. The van der Waals surface area contributed by atoms with E-state index in [-0.39, 0.29) is 0 Å². The van der Waals surface area contributed by atoms with Gasteiger partial charge in [0.25, 0.3) is 0 Å². The van der Waals surface area contributed by atoms with Gasteiger partial charge in [0.1, 0.15) is 11.6 Å². The molecule has 1 atom stereocenters. The van der Waals surface area contributed by atoms with Crippen LogP contribution in [-0.2, 0) is 17.6 Å². The summed E-state index contributed by atoms with van der Waals surface area (Å²) in [4.78, 5) is 4.39. The molecule has 1 aliphatic rings. The molecule has 0 amide bonds. The molecule has 4 nitrogen and oxygen atoms in total. The quantitative estimate of drug-likeness (QED) is 0.823. The molecule has 0 aromatic carbocycles. The smallest absolute Gasteiger partial charge is 0.150 e. The van der Waals surface area contributed by atoms with Crippen LogP contribution >= 0.6 is 0 Å². The van der Waals surface area contributed by atoms with E-state index in [4.69, 9.17) is 4.74 Å². The number of hydrogen-bond acceptors (Lipinski definition) is 3. The Morgan fingerprint density at radius 1 is 1.47 bits per heavy atom. The molecular formula is C11H19N3O. The van der Waals surface area contributed by atoms with Gasteiger partial charge in [-0.3, -0.25) is 5.10 Å². The number of rotatable bonds is 4. The maximum absolute atomic E-state index is 5.67. The molecule has 2 heterocycles. The lowest BCUT2D eigenvalue weighted by Gasteiger charge is -2.21. The van der Waals surface area contributed by atoms with Crippen molar-refractivity contribution in [1.82, 2.24) is 15.2 Å². The molecular weight excluding hydrogens is 190 g/mol. The third-order valence-corrected chi connectivity index (χ3v) is 2.87. The van der Waals surface area contributed by atoms with Gasteiger partial charge in [-0.05, 0) is 25.7 Å². The van der Waals surface area contributed by atoms with Crippen LogP contribution in [0.1, 0.15) is 44.3 Å². The minimum absolute atomic E-state index is 0.439. The van der Waals surface area contributed by atoms with Crippen molar-refractivity contribution in [2.24, 2.45) is 0 Å². The highest BCUT2D eigenvalue weighted by Gasteiger charge is 2.14. The Kier molecular flexibility index (Phi) is 3.72. The van der Waals surface area contributed by atoms with Gasteiger partial charge < -0.3 is 4.74 Å². The van der Waals surface area contributed by atoms with Gasteiger partial charge in [-0.1, -0.05) is 6.92 Å².